The summed E-state index contributed by atoms with van der Waals surface area (Å²) < 4.78 is 0. The molecule has 0 aliphatic carbocycles. The minimum absolute atomic E-state index is 0.0318. The van der Waals surface area contributed by atoms with Gasteiger partial charge in [0, 0.05) is 6.54 Å². The van der Waals surface area contributed by atoms with Gasteiger partial charge in [0.15, 0.2) is 0 Å². The number of amides is 1. The zero-order chi connectivity index (χ0) is 14.3. The molecule has 3 nitrogen and oxygen atoms in total. The summed E-state index contributed by atoms with van der Waals surface area (Å²) in [7, 11) is 0. The van der Waals surface area contributed by atoms with Crippen molar-refractivity contribution in [3.05, 3.63) is 35.4 Å². The average Bonchev–Trinajstić information content (AvgIpc) is 2.44. The fourth-order valence-corrected chi connectivity index (χ4v) is 2.16. The summed E-state index contributed by atoms with van der Waals surface area (Å²) >= 11 is 0. The molecule has 0 heterocycles. The van der Waals surface area contributed by atoms with Crippen LogP contribution in [0.15, 0.2) is 24.3 Å². The Hall–Kier alpha value is -1.35. The van der Waals surface area contributed by atoms with Crippen molar-refractivity contribution in [3.63, 3.8) is 0 Å². The summed E-state index contributed by atoms with van der Waals surface area (Å²) in [6, 6.07) is 8.43. The van der Waals surface area contributed by atoms with E-state index >= 15 is 0 Å². The second-order valence-electron chi connectivity index (χ2n) is 5.05. The maximum atomic E-state index is 12.1. The Morgan fingerprint density at radius 3 is 2.37 bits per heavy atom. The van der Waals surface area contributed by atoms with E-state index in [2.05, 4.69) is 43.4 Å². The minimum atomic E-state index is -0.0673. The summed E-state index contributed by atoms with van der Waals surface area (Å²) in [5.41, 5.74) is 8.10. The molecule has 2 atom stereocenters. The summed E-state index contributed by atoms with van der Waals surface area (Å²) in [5, 5.41) is 3.05. The van der Waals surface area contributed by atoms with Gasteiger partial charge in [-0.15, -0.1) is 0 Å². The molecule has 3 N–H and O–H groups in total. The molecule has 0 radical (unpaired) electrons. The molecule has 0 saturated heterocycles. The summed E-state index contributed by atoms with van der Waals surface area (Å²) in [4.78, 5) is 12.1. The highest BCUT2D eigenvalue weighted by Crippen LogP contribution is 2.15. The zero-order valence-corrected chi connectivity index (χ0v) is 12.3. The van der Waals surface area contributed by atoms with E-state index in [4.69, 9.17) is 5.73 Å². The predicted molar refractivity (Wildman–Crippen MR) is 79.8 cm³/mol. The molecule has 0 fully saturated rings. The van der Waals surface area contributed by atoms with Gasteiger partial charge >= 0.3 is 0 Å². The van der Waals surface area contributed by atoms with Crippen molar-refractivity contribution in [2.45, 2.75) is 46.1 Å². The van der Waals surface area contributed by atoms with Crippen molar-refractivity contribution in [2.75, 3.05) is 6.54 Å². The van der Waals surface area contributed by atoms with Gasteiger partial charge in [0.25, 0.3) is 0 Å². The molecule has 1 rings (SSSR count). The van der Waals surface area contributed by atoms with Gasteiger partial charge in [0.05, 0.1) is 12.0 Å². The molecular formula is C16H26N2O. The Bertz CT molecular complexity index is 386. The molecule has 1 amide bonds. The second kappa shape index (κ2) is 7.95. The number of hydrogen-bond acceptors (Lipinski definition) is 2. The molecule has 0 aliphatic rings. The van der Waals surface area contributed by atoms with E-state index in [9.17, 15) is 4.79 Å². The number of hydrogen-bond donors (Lipinski definition) is 2. The maximum Gasteiger partial charge on any atom is 0.224 e. The Morgan fingerprint density at radius 2 is 1.89 bits per heavy atom. The second-order valence-corrected chi connectivity index (χ2v) is 5.05. The normalized spacial score (nSPS) is 13.9. The highest BCUT2D eigenvalue weighted by molar-refractivity contribution is 5.79. The van der Waals surface area contributed by atoms with Gasteiger partial charge in [-0.3, -0.25) is 4.79 Å². The molecule has 0 aliphatic heterocycles. The smallest absolute Gasteiger partial charge is 0.224 e. The van der Waals surface area contributed by atoms with E-state index in [0.29, 0.717) is 6.54 Å². The van der Waals surface area contributed by atoms with Gasteiger partial charge in [-0.05, 0) is 30.9 Å². The van der Waals surface area contributed by atoms with E-state index in [1.165, 1.54) is 5.56 Å². The highest BCUT2D eigenvalue weighted by Gasteiger charge is 2.18. The molecule has 0 bridgehead atoms. The monoisotopic (exact) mass is 262 g/mol. The lowest BCUT2D eigenvalue weighted by molar-refractivity contribution is -0.125. The number of nitrogens with one attached hydrogen (secondary N) is 1. The van der Waals surface area contributed by atoms with Gasteiger partial charge in [-0.1, -0.05) is 44.5 Å². The van der Waals surface area contributed by atoms with E-state index in [-0.39, 0.29) is 17.9 Å². The van der Waals surface area contributed by atoms with Crippen LogP contribution in [-0.4, -0.2) is 12.5 Å². The average molecular weight is 262 g/mol. The Labute approximate surface area is 116 Å². The fourth-order valence-electron chi connectivity index (χ4n) is 2.16. The van der Waals surface area contributed by atoms with Crippen LogP contribution in [0.4, 0.5) is 0 Å². The summed E-state index contributed by atoms with van der Waals surface area (Å²) in [6.45, 7) is 6.64. The van der Waals surface area contributed by atoms with Gasteiger partial charge in [0.2, 0.25) is 5.91 Å². The molecular weight excluding hydrogens is 236 g/mol. The number of rotatable bonds is 7. The SMILES string of the molecule is CCCC(CN)C(=O)NC(C)c1ccc(CC)cc1. The Kier molecular flexibility index (Phi) is 6.57. The maximum absolute atomic E-state index is 12.1. The first-order chi connectivity index (χ1) is 9.12. The third-order valence-corrected chi connectivity index (χ3v) is 3.54. The van der Waals surface area contributed by atoms with Crippen LogP contribution in [0.25, 0.3) is 0 Å². The number of carbonyl (C=O) groups is 1. The van der Waals surface area contributed by atoms with Crippen molar-refractivity contribution in [1.82, 2.24) is 5.32 Å². The lowest BCUT2D eigenvalue weighted by Crippen LogP contribution is -2.36. The number of carbonyl (C=O) groups excluding carboxylic acids is 1. The standard InChI is InChI=1S/C16H26N2O/c1-4-6-15(11-17)16(19)18-12(3)14-9-7-13(5-2)8-10-14/h7-10,12,15H,4-6,11,17H2,1-3H3,(H,18,19). The Morgan fingerprint density at radius 1 is 1.26 bits per heavy atom. The molecule has 1 aromatic rings. The van der Waals surface area contributed by atoms with Crippen molar-refractivity contribution in [3.8, 4) is 0 Å². The van der Waals surface area contributed by atoms with Crippen LogP contribution >= 0.6 is 0 Å². The van der Waals surface area contributed by atoms with Crippen LogP contribution in [0, 0.1) is 5.92 Å². The first-order valence-corrected chi connectivity index (χ1v) is 7.21. The van der Waals surface area contributed by atoms with Crippen LogP contribution in [0.5, 0.6) is 0 Å². The lowest BCUT2D eigenvalue weighted by atomic mass is 10.0. The third-order valence-electron chi connectivity index (χ3n) is 3.54. The topological polar surface area (TPSA) is 55.1 Å². The van der Waals surface area contributed by atoms with Crippen LogP contribution in [0.3, 0.4) is 0 Å². The third kappa shape index (κ3) is 4.67. The molecule has 1 aromatic carbocycles. The van der Waals surface area contributed by atoms with Gasteiger partial charge in [-0.25, -0.2) is 0 Å². The molecule has 0 aromatic heterocycles. The van der Waals surface area contributed by atoms with Gasteiger partial charge < -0.3 is 11.1 Å². The molecule has 2 unspecified atom stereocenters. The number of benzene rings is 1. The van der Waals surface area contributed by atoms with Crippen LogP contribution in [-0.2, 0) is 11.2 Å². The van der Waals surface area contributed by atoms with Crippen molar-refractivity contribution in [1.29, 1.82) is 0 Å². The first kappa shape index (κ1) is 15.7. The lowest BCUT2D eigenvalue weighted by Gasteiger charge is -2.19. The van der Waals surface area contributed by atoms with Crippen LogP contribution in [0.1, 0.15) is 50.8 Å². The minimum Gasteiger partial charge on any atom is -0.349 e. The largest absolute Gasteiger partial charge is 0.349 e. The predicted octanol–water partition coefficient (Wildman–Crippen LogP) is 2.80. The Balaban J connectivity index is 2.62. The van der Waals surface area contributed by atoms with E-state index < -0.39 is 0 Å². The van der Waals surface area contributed by atoms with Crippen LogP contribution in [0.2, 0.25) is 0 Å². The molecule has 0 spiro atoms. The number of nitrogens with two attached hydrogens (primary N) is 1. The summed E-state index contributed by atoms with van der Waals surface area (Å²) in [6.07, 6.45) is 2.87. The fraction of sp³-hybridized carbons (Fsp3) is 0.562. The molecule has 19 heavy (non-hydrogen) atoms. The van der Waals surface area contributed by atoms with Crippen molar-refractivity contribution in [2.24, 2.45) is 11.7 Å². The zero-order valence-electron chi connectivity index (χ0n) is 12.3. The van der Waals surface area contributed by atoms with E-state index in [1.807, 2.05) is 6.92 Å². The van der Waals surface area contributed by atoms with E-state index in [0.717, 1.165) is 24.8 Å². The molecule has 0 saturated carbocycles. The molecule has 106 valence electrons. The van der Waals surface area contributed by atoms with Gasteiger partial charge in [0.1, 0.15) is 0 Å². The highest BCUT2D eigenvalue weighted by atomic mass is 16.1. The first-order valence-electron chi connectivity index (χ1n) is 7.21. The van der Waals surface area contributed by atoms with E-state index in [1.54, 1.807) is 0 Å². The molecule has 3 heteroatoms. The number of aryl methyl sites for hydroxylation is 1. The van der Waals surface area contributed by atoms with Crippen LogP contribution < -0.4 is 11.1 Å². The summed E-state index contributed by atoms with van der Waals surface area (Å²) in [5.74, 6) is -0.00113. The quantitative estimate of drug-likeness (QED) is 0.794. The van der Waals surface area contributed by atoms with Crippen molar-refractivity contribution < 1.29 is 4.79 Å². The van der Waals surface area contributed by atoms with Gasteiger partial charge in [-0.2, -0.15) is 0 Å². The van der Waals surface area contributed by atoms with Crippen molar-refractivity contribution >= 4 is 5.91 Å².